The number of carbonyl (C=O) groups is 3. The molecule has 4 atom stereocenters. The van der Waals surface area contributed by atoms with Crippen molar-refractivity contribution in [2.75, 3.05) is 19.6 Å². The Bertz CT molecular complexity index is 1440. The number of nitrogens with one attached hydrogen (secondary N) is 1. The molecule has 4 unspecified atom stereocenters. The van der Waals surface area contributed by atoms with Gasteiger partial charge in [-0.15, -0.1) is 0 Å². The molecule has 3 aromatic rings. The smallest absolute Gasteiger partial charge is 0.252 e. The first-order valence-corrected chi connectivity index (χ1v) is 15.0. The maximum Gasteiger partial charge on any atom is 0.252 e. The Morgan fingerprint density at radius 3 is 2.35 bits per heavy atom. The van der Waals surface area contributed by atoms with Crippen LogP contribution in [0.5, 0.6) is 0 Å². The summed E-state index contributed by atoms with van der Waals surface area (Å²) < 4.78 is 13.6. The number of nitrogens with two attached hydrogens (primary N) is 1. The molecule has 3 aromatic carbocycles. The zero-order valence-electron chi connectivity index (χ0n) is 25.4. The van der Waals surface area contributed by atoms with Gasteiger partial charge in [0.05, 0.1) is 6.04 Å². The van der Waals surface area contributed by atoms with E-state index in [0.29, 0.717) is 31.6 Å². The van der Waals surface area contributed by atoms with Gasteiger partial charge in [-0.1, -0.05) is 74.9 Å². The molecule has 0 aliphatic carbocycles. The fourth-order valence-electron chi connectivity index (χ4n) is 6.01. The quantitative estimate of drug-likeness (QED) is 0.315. The first kappa shape index (κ1) is 32.1. The summed E-state index contributed by atoms with van der Waals surface area (Å²) in [6.45, 7) is 8.00. The molecule has 0 aromatic heterocycles. The number of hydrogen-bond acceptors (Lipinski definition) is 5. The summed E-state index contributed by atoms with van der Waals surface area (Å²) in [6.07, 6.45) is 1.64. The second kappa shape index (κ2) is 13.7. The van der Waals surface area contributed by atoms with Crippen LogP contribution < -0.4 is 11.1 Å². The summed E-state index contributed by atoms with van der Waals surface area (Å²) in [5.74, 6) is -1.94. The zero-order chi connectivity index (χ0) is 31.3. The van der Waals surface area contributed by atoms with E-state index in [9.17, 15) is 23.9 Å². The van der Waals surface area contributed by atoms with Gasteiger partial charge < -0.3 is 21.1 Å². The average Bonchev–Trinajstić information content (AvgIpc) is 2.97. The van der Waals surface area contributed by atoms with Gasteiger partial charge in [-0.3, -0.25) is 19.3 Å². The molecule has 0 radical (unpaired) electrons. The predicted molar refractivity (Wildman–Crippen MR) is 166 cm³/mol. The number of fused-ring (bicyclic) bond motifs is 1. The highest BCUT2D eigenvalue weighted by atomic mass is 19.1. The van der Waals surface area contributed by atoms with E-state index in [1.165, 1.54) is 26.0 Å². The summed E-state index contributed by atoms with van der Waals surface area (Å²) >= 11 is 0. The van der Waals surface area contributed by atoms with Gasteiger partial charge in [-0.2, -0.15) is 0 Å². The van der Waals surface area contributed by atoms with Crippen molar-refractivity contribution in [3.63, 3.8) is 0 Å². The van der Waals surface area contributed by atoms with Crippen molar-refractivity contribution < 1.29 is 23.9 Å². The Kier molecular flexibility index (Phi) is 10.2. The molecule has 43 heavy (non-hydrogen) atoms. The lowest BCUT2D eigenvalue weighted by molar-refractivity contribution is -0.146. The van der Waals surface area contributed by atoms with E-state index >= 15 is 0 Å². The van der Waals surface area contributed by atoms with Gasteiger partial charge in [0.15, 0.2) is 0 Å². The molecular formula is C34H43FN4O4. The molecule has 1 aliphatic rings. The standard InChI is InChI=1S/C34H43FN4O4/c1-5-8-28-21-38(30(31(36)40)22(2)25-14-13-24-9-6-7-10-26(24)20-25)17-18-39(28)32(41)29(37-33(42)34(3,4)43)19-23-11-15-27(35)16-12-23/h6-7,9-16,20,22,28-30,43H,5,8,17-19,21H2,1-4H3,(H2,36,40)(H,37,42). The van der Waals surface area contributed by atoms with E-state index in [0.717, 1.165) is 22.8 Å². The number of piperazine rings is 1. The maximum atomic E-state index is 14.1. The van der Waals surface area contributed by atoms with Gasteiger partial charge >= 0.3 is 0 Å². The molecule has 0 bridgehead atoms. The van der Waals surface area contributed by atoms with Crippen molar-refractivity contribution in [3.8, 4) is 0 Å². The topological polar surface area (TPSA) is 116 Å². The second-order valence-electron chi connectivity index (χ2n) is 12.1. The fourth-order valence-corrected chi connectivity index (χ4v) is 6.01. The van der Waals surface area contributed by atoms with Crippen molar-refractivity contribution in [2.24, 2.45) is 5.73 Å². The number of nitrogens with zero attached hydrogens (tertiary/aromatic N) is 2. The van der Waals surface area contributed by atoms with Crippen LogP contribution in [-0.2, 0) is 20.8 Å². The van der Waals surface area contributed by atoms with Gasteiger partial charge in [0.1, 0.15) is 17.5 Å². The lowest BCUT2D eigenvalue weighted by Crippen LogP contribution is -2.63. The van der Waals surface area contributed by atoms with Gasteiger partial charge in [0.25, 0.3) is 5.91 Å². The Morgan fingerprint density at radius 2 is 1.72 bits per heavy atom. The number of carbonyl (C=O) groups excluding carboxylic acids is 3. The average molecular weight is 591 g/mol. The van der Waals surface area contributed by atoms with Crippen LogP contribution in [0.25, 0.3) is 10.8 Å². The number of primary amides is 1. The summed E-state index contributed by atoms with van der Waals surface area (Å²) in [7, 11) is 0. The molecule has 0 spiro atoms. The first-order chi connectivity index (χ1) is 20.4. The third-order valence-corrected chi connectivity index (χ3v) is 8.39. The van der Waals surface area contributed by atoms with E-state index in [4.69, 9.17) is 5.73 Å². The summed E-state index contributed by atoms with van der Waals surface area (Å²) in [5.41, 5.74) is 6.03. The van der Waals surface area contributed by atoms with Crippen molar-refractivity contribution >= 4 is 28.5 Å². The highest BCUT2D eigenvalue weighted by molar-refractivity contribution is 5.91. The van der Waals surface area contributed by atoms with Crippen molar-refractivity contribution in [3.05, 3.63) is 83.7 Å². The molecule has 8 nitrogen and oxygen atoms in total. The molecule has 230 valence electrons. The monoisotopic (exact) mass is 590 g/mol. The van der Waals surface area contributed by atoms with E-state index in [1.54, 1.807) is 17.0 Å². The normalized spacial score (nSPS) is 18.2. The van der Waals surface area contributed by atoms with E-state index in [-0.39, 0.29) is 24.3 Å². The predicted octanol–water partition coefficient (Wildman–Crippen LogP) is 3.75. The van der Waals surface area contributed by atoms with Gasteiger partial charge in [0, 0.05) is 38.0 Å². The van der Waals surface area contributed by atoms with E-state index in [2.05, 4.69) is 22.3 Å². The lowest BCUT2D eigenvalue weighted by atomic mass is 9.89. The minimum absolute atomic E-state index is 0.142. The Hall–Kier alpha value is -3.82. The van der Waals surface area contributed by atoms with E-state index in [1.807, 2.05) is 44.2 Å². The maximum absolute atomic E-state index is 14.1. The van der Waals surface area contributed by atoms with Crippen LogP contribution in [0.1, 0.15) is 57.6 Å². The number of rotatable bonds is 11. The highest BCUT2D eigenvalue weighted by Crippen LogP contribution is 2.29. The van der Waals surface area contributed by atoms with Crippen LogP contribution in [0.4, 0.5) is 4.39 Å². The zero-order valence-corrected chi connectivity index (χ0v) is 25.4. The summed E-state index contributed by atoms with van der Waals surface area (Å²) in [4.78, 5) is 43.6. The molecule has 1 heterocycles. The number of amides is 3. The fraction of sp³-hybridized carbons (Fsp3) is 0.441. The van der Waals surface area contributed by atoms with Gasteiger partial charge in [-0.25, -0.2) is 4.39 Å². The Labute approximate surface area is 253 Å². The number of aliphatic hydroxyl groups is 1. The van der Waals surface area contributed by atoms with Crippen LogP contribution in [0, 0.1) is 5.82 Å². The number of halogens is 1. The molecular weight excluding hydrogens is 547 g/mol. The molecule has 0 saturated carbocycles. The van der Waals surface area contributed by atoms with Crippen molar-refractivity contribution in [2.45, 2.75) is 76.6 Å². The Morgan fingerprint density at radius 1 is 1.05 bits per heavy atom. The van der Waals surface area contributed by atoms with Crippen molar-refractivity contribution in [1.82, 2.24) is 15.1 Å². The van der Waals surface area contributed by atoms with Crippen LogP contribution in [0.2, 0.25) is 0 Å². The number of hydrogen-bond donors (Lipinski definition) is 3. The molecule has 9 heteroatoms. The van der Waals surface area contributed by atoms with Gasteiger partial charge in [-0.05, 0) is 54.3 Å². The SMILES string of the molecule is CCCC1CN(C(C(N)=O)C(C)c2ccc3ccccc3c2)CCN1C(=O)C(Cc1ccc(F)cc1)NC(=O)C(C)(C)O. The molecule has 1 aliphatic heterocycles. The van der Waals surface area contributed by atoms with E-state index < -0.39 is 35.3 Å². The summed E-state index contributed by atoms with van der Waals surface area (Å²) in [6, 6.07) is 18.3. The van der Waals surface area contributed by atoms with Crippen LogP contribution in [0.15, 0.2) is 66.7 Å². The first-order valence-electron chi connectivity index (χ1n) is 15.0. The largest absolute Gasteiger partial charge is 0.381 e. The lowest BCUT2D eigenvalue weighted by Gasteiger charge is -2.46. The minimum Gasteiger partial charge on any atom is -0.381 e. The molecule has 1 saturated heterocycles. The molecule has 4 N–H and O–H groups in total. The van der Waals surface area contributed by atoms with Crippen LogP contribution in [-0.4, -0.2) is 76.0 Å². The molecule has 3 amide bonds. The molecule has 1 fully saturated rings. The Balaban J connectivity index is 1.57. The van der Waals surface area contributed by atoms with Crippen LogP contribution in [0.3, 0.4) is 0 Å². The minimum atomic E-state index is -1.68. The third-order valence-electron chi connectivity index (χ3n) is 8.39. The second-order valence-corrected chi connectivity index (χ2v) is 12.1. The van der Waals surface area contributed by atoms with Crippen LogP contribution >= 0.6 is 0 Å². The number of benzene rings is 3. The summed E-state index contributed by atoms with van der Waals surface area (Å²) in [5, 5.41) is 15.2. The third kappa shape index (κ3) is 7.77. The highest BCUT2D eigenvalue weighted by Gasteiger charge is 2.40. The van der Waals surface area contributed by atoms with Crippen molar-refractivity contribution in [1.29, 1.82) is 0 Å². The molecule has 4 rings (SSSR count). The van der Waals surface area contributed by atoms with Gasteiger partial charge in [0.2, 0.25) is 11.8 Å².